The minimum Gasteiger partial charge on any atom is -0.288 e. The predicted molar refractivity (Wildman–Crippen MR) is 222 cm³/mol. The van der Waals surface area contributed by atoms with E-state index in [1.54, 1.807) is 18.2 Å². The fourth-order valence-electron chi connectivity index (χ4n) is 8.10. The van der Waals surface area contributed by atoms with Crippen molar-refractivity contribution < 1.29 is 18.4 Å². The Hall–Kier alpha value is -6.02. The molecule has 0 N–H and O–H groups in total. The second kappa shape index (κ2) is 13.9. The van der Waals surface area contributed by atoms with Gasteiger partial charge in [-0.25, -0.2) is 18.7 Å². The van der Waals surface area contributed by atoms with E-state index in [1.165, 1.54) is 0 Å². The van der Waals surface area contributed by atoms with E-state index in [0.29, 0.717) is 28.6 Å². The minimum atomic E-state index is -1.02. The molecule has 8 heteroatoms. The summed E-state index contributed by atoms with van der Waals surface area (Å²) in [4.78, 5) is 42.5. The second-order valence-electron chi connectivity index (χ2n) is 16.0. The van der Waals surface area contributed by atoms with Gasteiger partial charge in [-0.15, -0.1) is 0 Å². The molecule has 0 radical (unpaired) electrons. The van der Waals surface area contributed by atoms with Crippen LogP contribution in [0, 0.1) is 11.6 Å². The van der Waals surface area contributed by atoms with Crippen LogP contribution in [0.5, 0.6) is 0 Å². The molecular weight excluding hydrogens is 703 g/mol. The van der Waals surface area contributed by atoms with E-state index in [1.807, 2.05) is 40.1 Å². The molecule has 282 valence electrons. The van der Waals surface area contributed by atoms with Gasteiger partial charge in [0.2, 0.25) is 0 Å². The van der Waals surface area contributed by atoms with Crippen LogP contribution in [0.1, 0.15) is 122 Å². The molecule has 2 aliphatic rings. The molecule has 0 unspecified atom stereocenters. The Morgan fingerprint density at radius 1 is 0.518 bits per heavy atom. The number of nitrogens with zero attached hydrogens (tertiary/aromatic N) is 4. The number of Topliss-reactive ketones (excluding diaryl/α,β-unsaturated/α-hetero) is 2. The van der Waals surface area contributed by atoms with Gasteiger partial charge < -0.3 is 0 Å². The first-order valence-electron chi connectivity index (χ1n) is 19.3. The fourth-order valence-corrected chi connectivity index (χ4v) is 8.10. The summed E-state index contributed by atoms with van der Waals surface area (Å²) in [5.41, 5.74) is 7.15. The average molecular weight is 747 g/mol. The number of ketones is 2. The number of halogens is 2. The first-order valence-corrected chi connectivity index (χ1v) is 19.3. The number of benzene rings is 5. The molecular formula is C48H44F2N4O2. The summed E-state index contributed by atoms with van der Waals surface area (Å²) in [7, 11) is 0. The molecule has 0 saturated heterocycles. The smallest absolute Gasteiger partial charge is 0.197 e. The third-order valence-corrected chi connectivity index (χ3v) is 10.9. The number of allylic oxidation sites excluding steroid dienone is 3. The average Bonchev–Trinajstić information content (AvgIpc) is 3.59. The largest absolute Gasteiger partial charge is 0.288 e. The van der Waals surface area contributed by atoms with Crippen molar-refractivity contribution >= 4 is 56.4 Å². The minimum absolute atomic E-state index is 0.0522. The van der Waals surface area contributed by atoms with E-state index in [9.17, 15) is 18.4 Å². The van der Waals surface area contributed by atoms with Crippen molar-refractivity contribution in [1.29, 1.82) is 0 Å². The molecule has 2 heterocycles. The number of rotatable bonds is 7. The summed E-state index contributed by atoms with van der Waals surface area (Å²) < 4.78 is 29.8. The molecule has 8 rings (SSSR count). The van der Waals surface area contributed by atoms with Crippen molar-refractivity contribution in [3.63, 3.8) is 0 Å². The molecule has 1 aromatic heterocycles. The highest BCUT2D eigenvalue weighted by Crippen LogP contribution is 2.54. The topological polar surface area (TPSA) is 66.4 Å². The number of anilines is 4. The summed E-state index contributed by atoms with van der Waals surface area (Å²) in [6, 6.07) is 25.9. The number of hydrogen-bond acceptors (Lipinski definition) is 6. The Morgan fingerprint density at radius 3 is 1.25 bits per heavy atom. The number of para-hydroxylation sites is 2. The van der Waals surface area contributed by atoms with Gasteiger partial charge in [0, 0.05) is 23.3 Å². The van der Waals surface area contributed by atoms with Crippen LogP contribution < -0.4 is 9.80 Å². The third kappa shape index (κ3) is 5.90. The van der Waals surface area contributed by atoms with Crippen LogP contribution in [-0.4, -0.2) is 21.5 Å². The number of aromatic nitrogens is 2. The van der Waals surface area contributed by atoms with E-state index in [0.717, 1.165) is 56.5 Å². The van der Waals surface area contributed by atoms with Gasteiger partial charge >= 0.3 is 0 Å². The third-order valence-electron chi connectivity index (χ3n) is 10.9. The summed E-state index contributed by atoms with van der Waals surface area (Å²) in [6.07, 6.45) is 3.43. The molecule has 6 aromatic rings. The van der Waals surface area contributed by atoms with Gasteiger partial charge in [0.15, 0.2) is 34.8 Å². The lowest BCUT2D eigenvalue weighted by Gasteiger charge is -2.32. The van der Waals surface area contributed by atoms with Gasteiger partial charge in [-0.05, 0) is 81.0 Å². The molecule has 0 fully saturated rings. The maximum absolute atomic E-state index is 14.9. The fraction of sp³-hybridized carbons (Fsp3) is 0.250. The van der Waals surface area contributed by atoms with Crippen molar-refractivity contribution in [3.8, 4) is 0 Å². The van der Waals surface area contributed by atoms with Gasteiger partial charge in [0.1, 0.15) is 5.82 Å². The standard InChI is InChI=1S/C48H44F2N4O2/c1-25(2)31-15-11-16-32(26(3)4)43(31)53-42(20-19-35-45(55)36-21-29-13-9-10-14-30(29)22-37(36)46(35)56)54(44-33(27(5)6)17-12-18-34(44)28(7)8)48-47(53)51-40-23-38(49)39(50)24-41(40)52-48/h9-28H,1-8H3. The maximum Gasteiger partial charge on any atom is 0.197 e. The Kier molecular flexibility index (Phi) is 9.18. The SMILES string of the molecule is CC(C)c1cccc(C(C)C)c1N1C(=CC=C2C(=O)c3cc4ccccc4cc3C2=O)N(c2c(C(C)C)cccc2C(C)C)c2nc3cc(F)c(F)cc3nc21. The zero-order valence-electron chi connectivity index (χ0n) is 32.9. The quantitative estimate of drug-likeness (QED) is 0.120. The second-order valence-corrected chi connectivity index (χ2v) is 16.0. The molecule has 0 atom stereocenters. The summed E-state index contributed by atoms with van der Waals surface area (Å²) in [6.45, 7) is 17.1. The molecule has 0 bridgehead atoms. The molecule has 1 aliphatic carbocycles. The lowest BCUT2D eigenvalue weighted by atomic mass is 9.91. The monoisotopic (exact) mass is 746 g/mol. The molecule has 0 saturated carbocycles. The molecule has 0 amide bonds. The van der Waals surface area contributed by atoms with Crippen LogP contribution in [0.25, 0.3) is 21.8 Å². The Labute approximate surface area is 326 Å². The Morgan fingerprint density at radius 2 is 0.893 bits per heavy atom. The van der Waals surface area contributed by atoms with Gasteiger partial charge in [0.05, 0.1) is 28.0 Å². The molecule has 6 nitrogen and oxygen atoms in total. The number of carbonyl (C=O) groups is 2. The summed E-state index contributed by atoms with van der Waals surface area (Å²) in [5.74, 6) is -0.967. The zero-order valence-corrected chi connectivity index (χ0v) is 32.9. The lowest BCUT2D eigenvalue weighted by Crippen LogP contribution is -2.26. The van der Waals surface area contributed by atoms with E-state index in [4.69, 9.17) is 9.97 Å². The summed E-state index contributed by atoms with van der Waals surface area (Å²) >= 11 is 0. The van der Waals surface area contributed by atoms with Crippen LogP contribution in [0.15, 0.2) is 108 Å². The number of hydrogen-bond donors (Lipinski definition) is 0. The maximum atomic E-state index is 14.9. The molecule has 5 aromatic carbocycles. The van der Waals surface area contributed by atoms with E-state index < -0.39 is 11.6 Å². The van der Waals surface area contributed by atoms with Crippen molar-refractivity contribution in [3.05, 3.63) is 153 Å². The lowest BCUT2D eigenvalue weighted by molar-refractivity contribution is 0.0988. The van der Waals surface area contributed by atoms with Crippen molar-refractivity contribution in [2.24, 2.45) is 0 Å². The molecule has 56 heavy (non-hydrogen) atoms. The van der Waals surface area contributed by atoms with Crippen LogP contribution in [-0.2, 0) is 0 Å². The van der Waals surface area contributed by atoms with Crippen LogP contribution in [0.3, 0.4) is 0 Å². The summed E-state index contributed by atoms with van der Waals surface area (Å²) in [5, 5.41) is 1.76. The van der Waals surface area contributed by atoms with E-state index in [2.05, 4.69) is 91.8 Å². The van der Waals surface area contributed by atoms with Crippen molar-refractivity contribution in [1.82, 2.24) is 9.97 Å². The normalized spacial score (nSPS) is 14.1. The highest BCUT2D eigenvalue weighted by atomic mass is 19.2. The highest BCUT2D eigenvalue weighted by Gasteiger charge is 2.42. The van der Waals surface area contributed by atoms with Crippen molar-refractivity contribution in [2.45, 2.75) is 79.1 Å². The van der Waals surface area contributed by atoms with E-state index in [-0.39, 0.29) is 51.8 Å². The highest BCUT2D eigenvalue weighted by molar-refractivity contribution is 6.40. The van der Waals surface area contributed by atoms with Crippen LogP contribution in [0.2, 0.25) is 0 Å². The first kappa shape index (κ1) is 36.9. The Bertz CT molecular complexity index is 2460. The number of carbonyl (C=O) groups excluding carboxylic acids is 2. The molecule has 0 spiro atoms. The first-order chi connectivity index (χ1) is 26.8. The van der Waals surface area contributed by atoms with Gasteiger partial charge in [-0.3, -0.25) is 19.4 Å². The van der Waals surface area contributed by atoms with Crippen LogP contribution in [0.4, 0.5) is 31.8 Å². The van der Waals surface area contributed by atoms with E-state index >= 15 is 0 Å². The Balaban J connectivity index is 1.49. The van der Waals surface area contributed by atoms with Gasteiger partial charge in [-0.2, -0.15) is 0 Å². The van der Waals surface area contributed by atoms with Gasteiger partial charge in [0.25, 0.3) is 0 Å². The zero-order chi connectivity index (χ0) is 39.7. The number of fused-ring (bicyclic) bond motifs is 4. The van der Waals surface area contributed by atoms with Crippen molar-refractivity contribution in [2.75, 3.05) is 9.80 Å². The molecule has 1 aliphatic heterocycles. The van der Waals surface area contributed by atoms with Gasteiger partial charge in [-0.1, -0.05) is 116 Å². The predicted octanol–water partition coefficient (Wildman–Crippen LogP) is 12.7. The van der Waals surface area contributed by atoms with Crippen LogP contribution >= 0.6 is 0 Å².